The highest BCUT2D eigenvalue weighted by molar-refractivity contribution is 7.92. The van der Waals surface area contributed by atoms with Gasteiger partial charge in [-0.25, -0.2) is 8.42 Å². The molecule has 1 atom stereocenters. The lowest BCUT2D eigenvalue weighted by Gasteiger charge is -2.14. The summed E-state index contributed by atoms with van der Waals surface area (Å²) in [5.74, 6) is -1.02. The number of amides is 1. The summed E-state index contributed by atoms with van der Waals surface area (Å²) in [6.45, 7) is 0.133. The van der Waals surface area contributed by atoms with Gasteiger partial charge in [0.15, 0.2) is 16.4 Å². The van der Waals surface area contributed by atoms with Gasteiger partial charge in [-0.3, -0.25) is 4.79 Å². The van der Waals surface area contributed by atoms with Crippen LogP contribution in [0.5, 0.6) is 5.75 Å². The van der Waals surface area contributed by atoms with Crippen molar-refractivity contribution in [3.63, 3.8) is 0 Å². The normalized spacial score (nSPS) is 13.2. The highest BCUT2D eigenvalue weighted by Crippen LogP contribution is 2.20. The van der Waals surface area contributed by atoms with Crippen LogP contribution in [0.1, 0.15) is 17.4 Å². The SMILES string of the molecule is CC(C(=O)NCc1cccs1)S(=O)(=O)Cc1ccc(OCC(F)(F)F)cc1. The Morgan fingerprint density at radius 1 is 1.22 bits per heavy atom. The molecule has 1 unspecified atom stereocenters. The first kappa shape index (κ1) is 21.2. The number of hydrogen-bond donors (Lipinski definition) is 1. The molecule has 1 aromatic carbocycles. The summed E-state index contributed by atoms with van der Waals surface area (Å²) in [5.41, 5.74) is 0.354. The van der Waals surface area contributed by atoms with Gasteiger partial charge < -0.3 is 10.1 Å². The molecule has 1 amide bonds. The Bertz CT molecular complexity index is 847. The van der Waals surface area contributed by atoms with Gasteiger partial charge in [0.05, 0.1) is 12.3 Å². The first-order valence-corrected chi connectivity index (χ1v) is 10.5. The van der Waals surface area contributed by atoms with Crippen LogP contribution in [0.15, 0.2) is 41.8 Å². The van der Waals surface area contributed by atoms with E-state index >= 15 is 0 Å². The zero-order valence-electron chi connectivity index (χ0n) is 14.3. The minimum atomic E-state index is -4.45. The van der Waals surface area contributed by atoms with E-state index in [1.54, 1.807) is 0 Å². The summed E-state index contributed by atoms with van der Waals surface area (Å²) < 4.78 is 65.7. The van der Waals surface area contributed by atoms with Crippen molar-refractivity contribution in [2.45, 2.75) is 30.6 Å². The van der Waals surface area contributed by atoms with Gasteiger partial charge in [0.2, 0.25) is 5.91 Å². The molecule has 148 valence electrons. The highest BCUT2D eigenvalue weighted by atomic mass is 32.2. The molecule has 0 bridgehead atoms. The number of benzene rings is 1. The number of halogens is 3. The van der Waals surface area contributed by atoms with Crippen molar-refractivity contribution >= 4 is 27.1 Å². The molecule has 27 heavy (non-hydrogen) atoms. The molecule has 0 saturated carbocycles. The molecule has 0 spiro atoms. The number of nitrogens with one attached hydrogen (secondary N) is 1. The molecule has 1 heterocycles. The van der Waals surface area contributed by atoms with Gasteiger partial charge >= 0.3 is 6.18 Å². The summed E-state index contributed by atoms with van der Waals surface area (Å²) >= 11 is 1.45. The number of ether oxygens (including phenoxy) is 1. The van der Waals surface area contributed by atoms with Crippen molar-refractivity contribution in [3.05, 3.63) is 52.2 Å². The lowest BCUT2D eigenvalue weighted by Crippen LogP contribution is -2.38. The van der Waals surface area contributed by atoms with E-state index in [9.17, 15) is 26.4 Å². The number of hydrogen-bond acceptors (Lipinski definition) is 5. The molecule has 10 heteroatoms. The van der Waals surface area contributed by atoms with E-state index < -0.39 is 39.5 Å². The molecule has 0 fully saturated rings. The van der Waals surface area contributed by atoms with Crippen molar-refractivity contribution in [2.24, 2.45) is 0 Å². The Labute approximate surface area is 159 Å². The Kier molecular flexibility index (Phi) is 6.88. The Balaban J connectivity index is 1.92. The molecule has 2 aromatic rings. The minimum absolute atomic E-state index is 0.0183. The van der Waals surface area contributed by atoms with Gasteiger partial charge in [-0.05, 0) is 36.1 Å². The van der Waals surface area contributed by atoms with Crippen molar-refractivity contribution < 1.29 is 31.1 Å². The Morgan fingerprint density at radius 3 is 2.44 bits per heavy atom. The fraction of sp³-hybridized carbons (Fsp3) is 0.353. The topological polar surface area (TPSA) is 72.5 Å². The van der Waals surface area contributed by atoms with Crippen LogP contribution in [-0.4, -0.2) is 32.4 Å². The van der Waals surface area contributed by atoms with E-state index in [1.165, 1.54) is 42.5 Å². The van der Waals surface area contributed by atoms with Gasteiger partial charge in [0.1, 0.15) is 11.0 Å². The molecule has 0 aliphatic carbocycles. The van der Waals surface area contributed by atoms with Crippen LogP contribution in [0.4, 0.5) is 13.2 Å². The largest absolute Gasteiger partial charge is 0.484 e. The zero-order chi connectivity index (χ0) is 20.1. The number of thiophene rings is 1. The molecule has 0 aliphatic rings. The second kappa shape index (κ2) is 8.75. The predicted octanol–water partition coefficient (Wildman–Crippen LogP) is 3.31. The van der Waals surface area contributed by atoms with Crippen LogP contribution < -0.4 is 10.1 Å². The van der Waals surface area contributed by atoms with Crippen LogP contribution in [0.2, 0.25) is 0 Å². The van der Waals surface area contributed by atoms with Gasteiger partial charge in [-0.15, -0.1) is 11.3 Å². The minimum Gasteiger partial charge on any atom is -0.484 e. The van der Waals surface area contributed by atoms with Crippen LogP contribution in [0.25, 0.3) is 0 Å². The third-order valence-electron chi connectivity index (χ3n) is 3.62. The maximum absolute atomic E-state index is 12.4. The van der Waals surface area contributed by atoms with Crippen molar-refractivity contribution in [1.29, 1.82) is 0 Å². The smallest absolute Gasteiger partial charge is 0.422 e. The maximum atomic E-state index is 12.4. The number of carbonyl (C=O) groups is 1. The molecule has 0 aliphatic heterocycles. The first-order valence-electron chi connectivity index (χ1n) is 7.87. The average Bonchev–Trinajstić information content (AvgIpc) is 3.11. The van der Waals surface area contributed by atoms with Gasteiger partial charge in [-0.1, -0.05) is 18.2 Å². The summed E-state index contributed by atoms with van der Waals surface area (Å²) in [6.07, 6.45) is -4.45. The van der Waals surface area contributed by atoms with Gasteiger partial charge in [-0.2, -0.15) is 13.2 Å². The van der Waals surface area contributed by atoms with Crippen LogP contribution in [-0.2, 0) is 26.9 Å². The summed E-state index contributed by atoms with van der Waals surface area (Å²) in [5, 5.41) is 3.18. The standard InChI is InChI=1S/C17H18F3NO4S2/c1-12(16(22)21-9-15-3-2-8-26-15)27(23,24)10-13-4-6-14(7-5-13)25-11-17(18,19)20/h2-8,12H,9-11H2,1H3,(H,21,22). The monoisotopic (exact) mass is 421 g/mol. The molecular weight excluding hydrogens is 403 g/mol. The van der Waals surface area contributed by atoms with Crippen molar-refractivity contribution in [2.75, 3.05) is 6.61 Å². The lowest BCUT2D eigenvalue weighted by molar-refractivity contribution is -0.153. The van der Waals surface area contributed by atoms with E-state index in [0.29, 0.717) is 5.56 Å². The highest BCUT2D eigenvalue weighted by Gasteiger charge is 2.29. The molecule has 1 aromatic heterocycles. The third kappa shape index (κ3) is 6.87. The molecule has 5 nitrogen and oxygen atoms in total. The first-order chi connectivity index (χ1) is 12.6. The summed E-state index contributed by atoms with van der Waals surface area (Å²) in [7, 11) is -3.78. The van der Waals surface area contributed by atoms with E-state index in [2.05, 4.69) is 10.1 Å². The molecule has 0 radical (unpaired) electrons. The van der Waals surface area contributed by atoms with Crippen LogP contribution in [0.3, 0.4) is 0 Å². The molecule has 2 rings (SSSR count). The number of rotatable bonds is 8. The quantitative estimate of drug-likeness (QED) is 0.710. The lowest BCUT2D eigenvalue weighted by atomic mass is 10.2. The van der Waals surface area contributed by atoms with Gasteiger partial charge in [0, 0.05) is 4.88 Å². The maximum Gasteiger partial charge on any atom is 0.422 e. The van der Waals surface area contributed by atoms with Gasteiger partial charge in [0.25, 0.3) is 0 Å². The van der Waals surface area contributed by atoms with E-state index in [-0.39, 0.29) is 12.3 Å². The van der Waals surface area contributed by atoms with E-state index in [0.717, 1.165) is 4.88 Å². The third-order valence-corrected chi connectivity index (χ3v) is 6.52. The summed E-state index contributed by atoms with van der Waals surface area (Å²) in [6, 6.07) is 8.90. The Morgan fingerprint density at radius 2 is 1.89 bits per heavy atom. The second-order valence-electron chi connectivity index (χ2n) is 5.79. The number of carbonyl (C=O) groups excluding carboxylic acids is 1. The van der Waals surface area contributed by atoms with E-state index in [4.69, 9.17) is 0 Å². The van der Waals surface area contributed by atoms with Crippen LogP contribution >= 0.6 is 11.3 Å². The summed E-state index contributed by atoms with van der Waals surface area (Å²) in [4.78, 5) is 13.0. The Hall–Kier alpha value is -2.07. The molecule has 1 N–H and O–H groups in total. The van der Waals surface area contributed by atoms with Crippen LogP contribution in [0, 0.1) is 0 Å². The second-order valence-corrected chi connectivity index (χ2v) is 9.15. The molecular formula is C17H18F3NO4S2. The fourth-order valence-corrected chi connectivity index (χ4v) is 4.06. The molecule has 0 saturated heterocycles. The fourth-order valence-electron chi connectivity index (χ4n) is 2.10. The number of sulfone groups is 1. The van der Waals surface area contributed by atoms with Crippen molar-refractivity contribution in [3.8, 4) is 5.75 Å². The number of alkyl halides is 3. The van der Waals surface area contributed by atoms with Crippen molar-refractivity contribution in [1.82, 2.24) is 5.32 Å². The zero-order valence-corrected chi connectivity index (χ0v) is 16.0. The van der Waals surface area contributed by atoms with E-state index in [1.807, 2.05) is 17.5 Å². The predicted molar refractivity (Wildman–Crippen MR) is 96.2 cm³/mol. The average molecular weight is 421 g/mol.